The van der Waals surface area contributed by atoms with Crippen LogP contribution in [0.3, 0.4) is 0 Å². The summed E-state index contributed by atoms with van der Waals surface area (Å²) in [7, 11) is -3.88. The first kappa shape index (κ1) is 18.7. The Morgan fingerprint density at radius 2 is 1.79 bits per heavy atom. The lowest BCUT2D eigenvalue weighted by molar-refractivity contribution is 0.0939. The van der Waals surface area contributed by atoms with Crippen LogP contribution in [0, 0.1) is 6.92 Å². The molecule has 0 fully saturated rings. The second-order valence-electron chi connectivity index (χ2n) is 5.39. The third kappa shape index (κ3) is 4.27. The Kier molecular flexibility index (Phi) is 5.55. The van der Waals surface area contributed by atoms with Crippen molar-refractivity contribution in [2.45, 2.75) is 24.8 Å². The van der Waals surface area contributed by atoms with Crippen LogP contribution in [0.1, 0.15) is 34.5 Å². The number of nitrogens with two attached hydrogens (primary N) is 1. The molecule has 1 unspecified atom stereocenters. The molecule has 0 aromatic heterocycles. The van der Waals surface area contributed by atoms with Crippen LogP contribution in [0.5, 0.6) is 0 Å². The van der Waals surface area contributed by atoms with E-state index in [4.69, 9.17) is 28.3 Å². The highest BCUT2D eigenvalue weighted by Gasteiger charge is 2.17. The highest BCUT2D eigenvalue weighted by molar-refractivity contribution is 7.89. The van der Waals surface area contributed by atoms with Crippen molar-refractivity contribution in [3.63, 3.8) is 0 Å². The lowest BCUT2D eigenvalue weighted by atomic mass is 10.1. The van der Waals surface area contributed by atoms with Crippen molar-refractivity contribution in [2.24, 2.45) is 5.14 Å². The van der Waals surface area contributed by atoms with Crippen molar-refractivity contribution < 1.29 is 13.2 Å². The average molecular weight is 387 g/mol. The number of halogens is 2. The minimum atomic E-state index is -3.88. The quantitative estimate of drug-likeness (QED) is 0.842. The minimum Gasteiger partial charge on any atom is -0.346 e. The summed E-state index contributed by atoms with van der Waals surface area (Å²) in [4.78, 5) is 12.4. The highest BCUT2D eigenvalue weighted by atomic mass is 35.5. The Morgan fingerprint density at radius 1 is 1.12 bits per heavy atom. The van der Waals surface area contributed by atoms with Gasteiger partial charge in [-0.3, -0.25) is 4.79 Å². The Bertz CT molecular complexity index is 898. The zero-order chi connectivity index (χ0) is 18.1. The number of carbonyl (C=O) groups excluding carboxylic acids is 1. The van der Waals surface area contributed by atoms with Gasteiger partial charge < -0.3 is 5.32 Å². The van der Waals surface area contributed by atoms with E-state index in [9.17, 15) is 13.2 Å². The smallest absolute Gasteiger partial charge is 0.252 e. The molecular formula is C16H16Cl2N2O3S. The van der Waals surface area contributed by atoms with Gasteiger partial charge in [-0.05, 0) is 49.2 Å². The molecule has 0 aliphatic rings. The number of rotatable bonds is 4. The molecule has 0 saturated carbocycles. The van der Waals surface area contributed by atoms with Gasteiger partial charge in [-0.1, -0.05) is 35.3 Å². The van der Waals surface area contributed by atoms with Gasteiger partial charge in [0.1, 0.15) is 0 Å². The fourth-order valence-electron chi connectivity index (χ4n) is 2.16. The molecule has 0 heterocycles. The van der Waals surface area contributed by atoms with Crippen molar-refractivity contribution >= 4 is 39.1 Å². The fraction of sp³-hybridized carbons (Fsp3) is 0.188. The minimum absolute atomic E-state index is 0.111. The van der Waals surface area contributed by atoms with Crippen LogP contribution in [0.4, 0.5) is 0 Å². The average Bonchev–Trinajstić information content (AvgIpc) is 2.49. The van der Waals surface area contributed by atoms with Crippen molar-refractivity contribution in [1.82, 2.24) is 5.32 Å². The fourth-order valence-corrected chi connectivity index (χ4v) is 3.01. The number of nitrogens with one attached hydrogen (secondary N) is 1. The first-order chi connectivity index (χ1) is 11.1. The van der Waals surface area contributed by atoms with Crippen LogP contribution >= 0.6 is 23.2 Å². The first-order valence-electron chi connectivity index (χ1n) is 6.99. The van der Waals surface area contributed by atoms with Crippen LogP contribution in [0.25, 0.3) is 0 Å². The summed E-state index contributed by atoms with van der Waals surface area (Å²) in [6.45, 7) is 3.50. The van der Waals surface area contributed by atoms with Gasteiger partial charge in [-0.25, -0.2) is 13.6 Å². The normalized spacial score (nSPS) is 12.7. The molecule has 8 heteroatoms. The number of carbonyl (C=O) groups is 1. The third-order valence-electron chi connectivity index (χ3n) is 3.57. The van der Waals surface area contributed by atoms with Gasteiger partial charge in [-0.15, -0.1) is 0 Å². The van der Waals surface area contributed by atoms with E-state index < -0.39 is 15.9 Å². The Morgan fingerprint density at radius 3 is 2.38 bits per heavy atom. The third-order valence-corrected chi connectivity index (χ3v) is 5.22. The lowest BCUT2D eigenvalue weighted by Gasteiger charge is -2.16. The van der Waals surface area contributed by atoms with Crippen LogP contribution in [0.15, 0.2) is 41.3 Å². The van der Waals surface area contributed by atoms with Gasteiger partial charge >= 0.3 is 0 Å². The summed E-state index contributed by atoms with van der Waals surface area (Å²) in [5.74, 6) is -0.406. The summed E-state index contributed by atoms with van der Waals surface area (Å²) >= 11 is 11.9. The topological polar surface area (TPSA) is 89.3 Å². The largest absolute Gasteiger partial charge is 0.346 e. The number of benzene rings is 2. The van der Waals surface area contributed by atoms with Crippen molar-refractivity contribution in [2.75, 3.05) is 0 Å². The molecule has 0 saturated heterocycles. The van der Waals surface area contributed by atoms with E-state index in [1.807, 2.05) is 0 Å². The summed E-state index contributed by atoms with van der Waals surface area (Å²) in [5.41, 5.74) is 1.66. The molecule has 0 radical (unpaired) electrons. The number of hydrogen-bond donors (Lipinski definition) is 2. The molecular weight excluding hydrogens is 371 g/mol. The number of hydrogen-bond acceptors (Lipinski definition) is 3. The summed E-state index contributed by atoms with van der Waals surface area (Å²) in [6.07, 6.45) is 0. The maximum absolute atomic E-state index is 12.5. The van der Waals surface area contributed by atoms with Crippen molar-refractivity contribution in [3.05, 3.63) is 63.1 Å². The van der Waals surface area contributed by atoms with Crippen LogP contribution in [0.2, 0.25) is 10.0 Å². The predicted molar refractivity (Wildman–Crippen MR) is 94.9 cm³/mol. The first-order valence-corrected chi connectivity index (χ1v) is 9.29. The maximum atomic E-state index is 12.5. The zero-order valence-electron chi connectivity index (χ0n) is 13.0. The van der Waals surface area contributed by atoms with Gasteiger partial charge in [-0.2, -0.15) is 0 Å². The molecule has 2 aromatic rings. The Labute approximate surface area is 150 Å². The van der Waals surface area contributed by atoms with E-state index >= 15 is 0 Å². The van der Waals surface area contributed by atoms with E-state index in [0.717, 1.165) is 5.56 Å². The number of sulfonamides is 1. The van der Waals surface area contributed by atoms with Crippen molar-refractivity contribution in [1.29, 1.82) is 0 Å². The van der Waals surface area contributed by atoms with Gasteiger partial charge in [0, 0.05) is 5.56 Å². The van der Waals surface area contributed by atoms with E-state index in [2.05, 4.69) is 5.32 Å². The molecule has 0 bridgehead atoms. The lowest BCUT2D eigenvalue weighted by Crippen LogP contribution is -2.27. The van der Waals surface area contributed by atoms with Crippen LogP contribution in [-0.4, -0.2) is 14.3 Å². The second-order valence-corrected chi connectivity index (χ2v) is 7.77. The van der Waals surface area contributed by atoms with E-state index in [1.54, 1.807) is 38.1 Å². The highest BCUT2D eigenvalue weighted by Crippen LogP contribution is 2.26. The van der Waals surface area contributed by atoms with Crippen LogP contribution < -0.4 is 10.5 Å². The Hall–Kier alpha value is -1.60. The molecule has 0 aliphatic carbocycles. The Balaban J connectivity index is 2.27. The van der Waals surface area contributed by atoms with E-state index in [0.29, 0.717) is 15.6 Å². The van der Waals surface area contributed by atoms with Gasteiger partial charge in [0.05, 0.1) is 21.0 Å². The molecule has 0 aliphatic heterocycles. The SMILES string of the molecule is Cc1ccc(S(N)(=O)=O)cc1C(=O)NC(C)c1ccc(Cl)c(Cl)c1. The number of aryl methyl sites for hydroxylation is 1. The molecule has 2 aromatic carbocycles. The van der Waals surface area contributed by atoms with Crippen LogP contribution in [-0.2, 0) is 10.0 Å². The summed E-state index contributed by atoms with van der Waals surface area (Å²) in [6, 6.07) is 8.90. The molecule has 1 atom stereocenters. The molecule has 0 spiro atoms. The molecule has 128 valence electrons. The molecule has 3 N–H and O–H groups in total. The standard InChI is InChI=1S/C16H16Cl2N2O3S/c1-9-3-5-12(24(19,22)23)8-13(9)16(21)20-10(2)11-4-6-14(17)15(18)7-11/h3-8,10H,1-2H3,(H,20,21)(H2,19,22,23). The molecule has 1 amide bonds. The van der Waals surface area contributed by atoms with E-state index in [-0.39, 0.29) is 16.5 Å². The molecule has 24 heavy (non-hydrogen) atoms. The van der Waals surface area contributed by atoms with Gasteiger partial charge in [0.25, 0.3) is 5.91 Å². The summed E-state index contributed by atoms with van der Waals surface area (Å²) in [5, 5.41) is 8.73. The number of amides is 1. The molecule has 2 rings (SSSR count). The predicted octanol–water partition coefficient (Wildman–Crippen LogP) is 3.44. The zero-order valence-corrected chi connectivity index (χ0v) is 15.3. The van der Waals surface area contributed by atoms with Gasteiger partial charge in [0.15, 0.2) is 0 Å². The monoisotopic (exact) mass is 386 g/mol. The van der Waals surface area contributed by atoms with Gasteiger partial charge in [0.2, 0.25) is 10.0 Å². The second kappa shape index (κ2) is 7.11. The molecule has 5 nitrogen and oxygen atoms in total. The van der Waals surface area contributed by atoms with Crippen molar-refractivity contribution in [3.8, 4) is 0 Å². The maximum Gasteiger partial charge on any atom is 0.252 e. The number of primary sulfonamides is 1. The summed E-state index contributed by atoms with van der Waals surface area (Å²) < 4.78 is 22.9. The van der Waals surface area contributed by atoms with E-state index in [1.165, 1.54) is 12.1 Å².